The van der Waals surface area contributed by atoms with Gasteiger partial charge >= 0.3 is 16.1 Å². The fourth-order valence-electron chi connectivity index (χ4n) is 0.540. The van der Waals surface area contributed by atoms with E-state index in [0.717, 1.165) is 6.07 Å². The molecule has 1 heterocycles. The standard InChI is InChI=1S/C4H2FNO5S/c5-12(9,10)4-2-1-3(11-4)6(7)8/h1-2H. The van der Waals surface area contributed by atoms with Gasteiger partial charge in [-0.3, -0.25) is 10.1 Å². The number of hydrogen-bond acceptors (Lipinski definition) is 5. The molecule has 0 fully saturated rings. The van der Waals surface area contributed by atoms with Crippen molar-refractivity contribution < 1.29 is 21.6 Å². The van der Waals surface area contributed by atoms with Gasteiger partial charge in [-0.2, -0.15) is 8.42 Å². The van der Waals surface area contributed by atoms with E-state index < -0.39 is 26.1 Å². The van der Waals surface area contributed by atoms with Gasteiger partial charge in [0.2, 0.25) is 0 Å². The highest BCUT2D eigenvalue weighted by molar-refractivity contribution is 7.86. The van der Waals surface area contributed by atoms with Crippen molar-refractivity contribution in [3.63, 3.8) is 0 Å². The Labute approximate surface area is 66.0 Å². The monoisotopic (exact) mass is 195 g/mol. The molecular weight excluding hydrogens is 193 g/mol. The van der Waals surface area contributed by atoms with Gasteiger partial charge in [0, 0.05) is 6.07 Å². The Morgan fingerprint density at radius 3 is 2.33 bits per heavy atom. The minimum Gasteiger partial charge on any atom is -0.386 e. The van der Waals surface area contributed by atoms with Crippen LogP contribution in [0.2, 0.25) is 0 Å². The zero-order chi connectivity index (χ0) is 9.35. The van der Waals surface area contributed by atoms with Gasteiger partial charge in [0.15, 0.2) is 0 Å². The molecule has 0 aliphatic carbocycles. The van der Waals surface area contributed by atoms with Crippen LogP contribution in [0, 0.1) is 10.1 Å². The van der Waals surface area contributed by atoms with Crippen LogP contribution in [0.4, 0.5) is 9.77 Å². The smallest absolute Gasteiger partial charge is 0.386 e. The molecule has 0 saturated carbocycles. The molecule has 0 aliphatic heterocycles. The highest BCUT2D eigenvalue weighted by atomic mass is 32.3. The molecule has 0 amide bonds. The van der Waals surface area contributed by atoms with E-state index in [9.17, 15) is 22.4 Å². The van der Waals surface area contributed by atoms with Crippen LogP contribution in [-0.4, -0.2) is 13.3 Å². The molecule has 0 aliphatic rings. The summed E-state index contributed by atoms with van der Waals surface area (Å²) in [4.78, 5) is 8.97. The molecular formula is C4H2FNO5S. The van der Waals surface area contributed by atoms with Crippen LogP contribution >= 0.6 is 0 Å². The summed E-state index contributed by atoms with van der Waals surface area (Å²) in [5, 5.41) is 8.87. The summed E-state index contributed by atoms with van der Waals surface area (Å²) < 4.78 is 36.3. The summed E-state index contributed by atoms with van der Waals surface area (Å²) in [6.07, 6.45) is 0. The average molecular weight is 195 g/mol. The number of furan rings is 1. The summed E-state index contributed by atoms with van der Waals surface area (Å²) in [7, 11) is -4.99. The van der Waals surface area contributed by atoms with Crippen LogP contribution in [0.5, 0.6) is 0 Å². The predicted octanol–water partition coefficient (Wildman–Crippen LogP) is 0.846. The lowest BCUT2D eigenvalue weighted by Gasteiger charge is -1.83. The number of nitrogens with zero attached hydrogens (tertiary/aromatic N) is 1. The fraction of sp³-hybridized carbons (Fsp3) is 0. The first-order valence-electron chi connectivity index (χ1n) is 2.60. The van der Waals surface area contributed by atoms with E-state index in [0.29, 0.717) is 6.07 Å². The van der Waals surface area contributed by atoms with Gasteiger partial charge in [-0.15, -0.1) is 0 Å². The molecule has 1 aromatic heterocycles. The molecule has 1 rings (SSSR count). The lowest BCUT2D eigenvalue weighted by molar-refractivity contribution is -0.403. The fourth-order valence-corrected chi connectivity index (χ4v) is 0.955. The Kier molecular flexibility index (Phi) is 1.84. The SMILES string of the molecule is O=[N+]([O-])c1ccc(S(=O)(=O)F)o1. The molecule has 6 nitrogen and oxygen atoms in total. The van der Waals surface area contributed by atoms with Crippen LogP contribution in [0.25, 0.3) is 0 Å². The summed E-state index contributed by atoms with van der Waals surface area (Å²) in [6.45, 7) is 0. The number of hydrogen-bond donors (Lipinski definition) is 0. The Morgan fingerprint density at radius 2 is 2.08 bits per heavy atom. The van der Waals surface area contributed by atoms with Gasteiger partial charge in [-0.05, 0) is 0 Å². The highest BCUT2D eigenvalue weighted by Gasteiger charge is 2.21. The number of rotatable bonds is 2. The van der Waals surface area contributed by atoms with E-state index in [-0.39, 0.29) is 0 Å². The molecule has 0 aromatic carbocycles. The third-order valence-corrected chi connectivity index (χ3v) is 1.69. The van der Waals surface area contributed by atoms with E-state index in [2.05, 4.69) is 4.42 Å². The number of nitro groups is 1. The van der Waals surface area contributed by atoms with Gasteiger partial charge in [0.1, 0.15) is 4.92 Å². The third kappa shape index (κ3) is 1.59. The Morgan fingerprint density at radius 1 is 1.50 bits per heavy atom. The van der Waals surface area contributed by atoms with Crippen molar-refractivity contribution in [2.24, 2.45) is 0 Å². The summed E-state index contributed by atoms with van der Waals surface area (Å²) in [5.74, 6) is -0.814. The van der Waals surface area contributed by atoms with Crippen molar-refractivity contribution in [3.05, 3.63) is 22.2 Å². The van der Waals surface area contributed by atoms with E-state index in [1.807, 2.05) is 0 Å². The van der Waals surface area contributed by atoms with E-state index >= 15 is 0 Å². The number of halogens is 1. The average Bonchev–Trinajstić information content (AvgIpc) is 2.30. The molecule has 0 spiro atoms. The normalized spacial score (nSPS) is 11.4. The Balaban J connectivity index is 3.17. The van der Waals surface area contributed by atoms with E-state index in [1.165, 1.54) is 0 Å². The van der Waals surface area contributed by atoms with E-state index in [1.54, 1.807) is 0 Å². The minimum atomic E-state index is -4.99. The van der Waals surface area contributed by atoms with Crippen LogP contribution in [0.3, 0.4) is 0 Å². The molecule has 0 atom stereocenters. The lowest BCUT2D eigenvalue weighted by atomic mass is 10.6. The first kappa shape index (κ1) is 8.65. The second-order valence-corrected chi connectivity index (χ2v) is 3.07. The van der Waals surface area contributed by atoms with Crippen molar-refractivity contribution in [1.29, 1.82) is 0 Å². The maximum atomic E-state index is 12.1. The van der Waals surface area contributed by atoms with Gasteiger partial charge in [-0.1, -0.05) is 3.89 Å². The van der Waals surface area contributed by atoms with Crippen LogP contribution in [0.1, 0.15) is 0 Å². The summed E-state index contributed by atoms with van der Waals surface area (Å²) in [6, 6.07) is 1.43. The molecule has 0 saturated heterocycles. The molecule has 0 bridgehead atoms. The first-order valence-corrected chi connectivity index (χ1v) is 3.98. The molecule has 1 aromatic rings. The quantitative estimate of drug-likeness (QED) is 0.396. The highest BCUT2D eigenvalue weighted by Crippen LogP contribution is 2.20. The second kappa shape index (κ2) is 2.55. The van der Waals surface area contributed by atoms with Crippen molar-refractivity contribution in [2.75, 3.05) is 0 Å². The van der Waals surface area contributed by atoms with Crippen molar-refractivity contribution in [3.8, 4) is 0 Å². The zero-order valence-corrected chi connectivity index (χ0v) is 6.25. The maximum absolute atomic E-state index is 12.1. The second-order valence-electron chi connectivity index (χ2n) is 1.79. The summed E-state index contributed by atoms with van der Waals surface area (Å²) >= 11 is 0. The maximum Gasteiger partial charge on any atom is 0.434 e. The van der Waals surface area contributed by atoms with Gasteiger partial charge < -0.3 is 4.42 Å². The predicted molar refractivity (Wildman–Crippen MR) is 33.7 cm³/mol. The molecule has 12 heavy (non-hydrogen) atoms. The van der Waals surface area contributed by atoms with Gasteiger partial charge in [-0.25, -0.2) is 0 Å². The molecule has 8 heteroatoms. The lowest BCUT2D eigenvalue weighted by Crippen LogP contribution is -1.88. The van der Waals surface area contributed by atoms with Gasteiger partial charge in [0.05, 0.1) is 6.07 Å². The first-order chi connectivity index (χ1) is 5.41. The van der Waals surface area contributed by atoms with E-state index in [4.69, 9.17) is 0 Å². The topological polar surface area (TPSA) is 90.4 Å². The molecule has 0 radical (unpaired) electrons. The molecule has 0 unspecified atom stereocenters. The Hall–Kier alpha value is -1.44. The van der Waals surface area contributed by atoms with Crippen molar-refractivity contribution >= 4 is 16.1 Å². The van der Waals surface area contributed by atoms with Crippen LogP contribution in [0.15, 0.2) is 21.6 Å². The van der Waals surface area contributed by atoms with Crippen molar-refractivity contribution in [1.82, 2.24) is 0 Å². The minimum absolute atomic E-state index is 0.674. The van der Waals surface area contributed by atoms with Crippen LogP contribution < -0.4 is 0 Å². The van der Waals surface area contributed by atoms with Gasteiger partial charge in [0.25, 0.3) is 5.09 Å². The Bertz CT molecular complexity index is 407. The zero-order valence-electron chi connectivity index (χ0n) is 5.43. The van der Waals surface area contributed by atoms with Crippen LogP contribution in [-0.2, 0) is 10.2 Å². The largest absolute Gasteiger partial charge is 0.434 e. The molecule has 66 valence electrons. The third-order valence-electron chi connectivity index (χ3n) is 0.987. The molecule has 0 N–H and O–H groups in total. The van der Waals surface area contributed by atoms with Crippen molar-refractivity contribution in [2.45, 2.75) is 5.09 Å². The summed E-state index contributed by atoms with van der Waals surface area (Å²) in [5.41, 5.74) is 0.